The molecule has 29 heavy (non-hydrogen) atoms. The average molecular weight is 435 g/mol. The van der Waals surface area contributed by atoms with Crippen molar-refractivity contribution in [3.05, 3.63) is 58.1 Å². The van der Waals surface area contributed by atoms with Crippen LogP contribution in [-0.2, 0) is 16.0 Å². The van der Waals surface area contributed by atoms with E-state index < -0.39 is 5.79 Å². The minimum atomic E-state index is -0.578. The number of ether oxygens (including phenoxy) is 3. The van der Waals surface area contributed by atoms with E-state index in [1.54, 1.807) is 10.7 Å². The fourth-order valence-electron chi connectivity index (χ4n) is 3.15. The van der Waals surface area contributed by atoms with Gasteiger partial charge >= 0.3 is 0 Å². The minimum absolute atomic E-state index is 0.119. The van der Waals surface area contributed by atoms with Crippen molar-refractivity contribution in [3.63, 3.8) is 0 Å². The standard InChI is InChI=1S/C20H20Cl2N4O3/c1-20(2)28-12-14(29-20)11-27-17-9-4-3-6-13(17)10-26-19(23-24-25-26)15-7-5-8-16(21)18(15)22/h3-9,14H,10-12H2,1-2H3. The second-order valence-corrected chi connectivity index (χ2v) is 7.92. The monoisotopic (exact) mass is 434 g/mol. The molecule has 1 fully saturated rings. The van der Waals surface area contributed by atoms with Gasteiger partial charge in [-0.1, -0.05) is 47.5 Å². The average Bonchev–Trinajstić information content (AvgIpc) is 3.29. The largest absolute Gasteiger partial charge is 0.490 e. The molecule has 3 aromatic rings. The van der Waals surface area contributed by atoms with Crippen LogP contribution in [-0.4, -0.2) is 45.3 Å². The highest BCUT2D eigenvalue weighted by Gasteiger charge is 2.33. The van der Waals surface area contributed by atoms with E-state index in [1.165, 1.54) is 0 Å². The second kappa shape index (κ2) is 8.28. The van der Waals surface area contributed by atoms with Crippen molar-refractivity contribution in [1.82, 2.24) is 20.2 Å². The topological polar surface area (TPSA) is 71.3 Å². The number of nitrogens with zero attached hydrogens (tertiary/aromatic N) is 4. The van der Waals surface area contributed by atoms with Crippen LogP contribution in [0.3, 0.4) is 0 Å². The summed E-state index contributed by atoms with van der Waals surface area (Å²) in [6.07, 6.45) is -0.119. The number of hydrogen-bond donors (Lipinski definition) is 0. The fraction of sp³-hybridized carbons (Fsp3) is 0.350. The van der Waals surface area contributed by atoms with Crippen molar-refractivity contribution < 1.29 is 14.2 Å². The molecule has 1 aliphatic heterocycles. The Kier molecular flexibility index (Phi) is 5.74. The Morgan fingerprint density at radius 2 is 2.00 bits per heavy atom. The summed E-state index contributed by atoms with van der Waals surface area (Å²) in [7, 11) is 0. The number of benzene rings is 2. The van der Waals surface area contributed by atoms with E-state index in [2.05, 4.69) is 15.5 Å². The first-order chi connectivity index (χ1) is 13.9. The molecule has 152 valence electrons. The Morgan fingerprint density at radius 3 is 2.79 bits per heavy atom. The highest BCUT2D eigenvalue weighted by Crippen LogP contribution is 2.32. The summed E-state index contributed by atoms with van der Waals surface area (Å²) in [6.45, 7) is 5.08. The van der Waals surface area contributed by atoms with Crippen molar-refractivity contribution >= 4 is 23.2 Å². The molecule has 1 aromatic heterocycles. The van der Waals surface area contributed by atoms with Gasteiger partial charge < -0.3 is 14.2 Å². The van der Waals surface area contributed by atoms with Gasteiger partial charge in [0.05, 0.1) is 23.2 Å². The molecule has 1 aliphatic rings. The van der Waals surface area contributed by atoms with Gasteiger partial charge in [0.1, 0.15) is 18.5 Å². The summed E-state index contributed by atoms with van der Waals surface area (Å²) in [4.78, 5) is 0. The zero-order valence-corrected chi connectivity index (χ0v) is 17.5. The van der Waals surface area contributed by atoms with Crippen LogP contribution in [0.1, 0.15) is 19.4 Å². The summed E-state index contributed by atoms with van der Waals surface area (Å²) in [6, 6.07) is 13.1. The predicted octanol–water partition coefficient (Wildman–Crippen LogP) is 4.23. The van der Waals surface area contributed by atoms with Gasteiger partial charge in [-0.3, -0.25) is 0 Å². The molecule has 7 nitrogen and oxygen atoms in total. The highest BCUT2D eigenvalue weighted by molar-refractivity contribution is 6.43. The van der Waals surface area contributed by atoms with Crippen LogP contribution in [0.5, 0.6) is 5.75 Å². The van der Waals surface area contributed by atoms with Crippen molar-refractivity contribution in [3.8, 4) is 17.1 Å². The molecular formula is C20H20Cl2N4O3. The maximum Gasteiger partial charge on any atom is 0.183 e. The van der Waals surface area contributed by atoms with Gasteiger partial charge in [-0.25, -0.2) is 4.68 Å². The van der Waals surface area contributed by atoms with Crippen LogP contribution in [0.4, 0.5) is 0 Å². The van der Waals surface area contributed by atoms with Gasteiger partial charge in [0, 0.05) is 11.1 Å². The van der Waals surface area contributed by atoms with Gasteiger partial charge in [-0.15, -0.1) is 5.10 Å². The zero-order valence-electron chi connectivity index (χ0n) is 16.0. The Hall–Kier alpha value is -2.19. The van der Waals surface area contributed by atoms with E-state index in [1.807, 2.05) is 50.2 Å². The second-order valence-electron chi connectivity index (χ2n) is 7.13. The SMILES string of the molecule is CC1(C)OCC(COc2ccccc2Cn2nnnc2-c2cccc(Cl)c2Cl)O1. The molecule has 1 atom stereocenters. The first-order valence-corrected chi connectivity index (χ1v) is 9.91. The van der Waals surface area contributed by atoms with Gasteiger partial charge in [-0.2, -0.15) is 0 Å². The minimum Gasteiger partial charge on any atom is -0.490 e. The van der Waals surface area contributed by atoms with Crippen LogP contribution >= 0.6 is 23.2 Å². The number of rotatable bonds is 6. The Labute approximate surface area is 178 Å². The lowest BCUT2D eigenvalue weighted by molar-refractivity contribution is -0.141. The van der Waals surface area contributed by atoms with E-state index in [-0.39, 0.29) is 6.10 Å². The molecule has 1 saturated heterocycles. The van der Waals surface area contributed by atoms with Crippen LogP contribution in [0.25, 0.3) is 11.4 Å². The maximum atomic E-state index is 6.35. The molecule has 0 spiro atoms. The van der Waals surface area contributed by atoms with Crippen LogP contribution < -0.4 is 4.74 Å². The quantitative estimate of drug-likeness (QED) is 0.577. The predicted molar refractivity (Wildman–Crippen MR) is 109 cm³/mol. The van der Waals surface area contributed by atoms with Crippen molar-refractivity contribution in [2.45, 2.75) is 32.3 Å². The molecule has 1 unspecified atom stereocenters. The van der Waals surface area contributed by atoms with Gasteiger partial charge in [0.15, 0.2) is 11.6 Å². The third-order valence-corrected chi connectivity index (χ3v) is 5.33. The third kappa shape index (κ3) is 4.53. The van der Waals surface area contributed by atoms with Crippen molar-refractivity contribution in [2.75, 3.05) is 13.2 Å². The molecule has 0 saturated carbocycles. The number of halogens is 2. The zero-order chi connectivity index (χ0) is 20.4. The fourth-order valence-corrected chi connectivity index (χ4v) is 3.53. The molecule has 2 aromatic carbocycles. The molecule has 0 N–H and O–H groups in total. The maximum absolute atomic E-state index is 6.35. The summed E-state index contributed by atoms with van der Waals surface area (Å²) in [5.74, 6) is 0.687. The number of hydrogen-bond acceptors (Lipinski definition) is 6. The molecule has 0 amide bonds. The van der Waals surface area contributed by atoms with E-state index >= 15 is 0 Å². The van der Waals surface area contributed by atoms with Crippen LogP contribution in [0, 0.1) is 0 Å². The number of para-hydroxylation sites is 1. The number of aromatic nitrogens is 4. The first kappa shape index (κ1) is 20.1. The molecule has 9 heteroatoms. The molecule has 0 bridgehead atoms. The van der Waals surface area contributed by atoms with Crippen LogP contribution in [0.15, 0.2) is 42.5 Å². The van der Waals surface area contributed by atoms with Gasteiger partial charge in [-0.05, 0) is 42.5 Å². The Morgan fingerprint density at radius 1 is 1.17 bits per heavy atom. The smallest absolute Gasteiger partial charge is 0.183 e. The van der Waals surface area contributed by atoms with E-state index in [4.69, 9.17) is 37.4 Å². The lowest BCUT2D eigenvalue weighted by Crippen LogP contribution is -2.25. The summed E-state index contributed by atoms with van der Waals surface area (Å²) >= 11 is 12.5. The Bertz CT molecular complexity index is 1010. The van der Waals surface area contributed by atoms with E-state index in [0.717, 1.165) is 11.3 Å². The van der Waals surface area contributed by atoms with Gasteiger partial charge in [0.2, 0.25) is 0 Å². The lowest BCUT2D eigenvalue weighted by Gasteiger charge is -2.18. The van der Waals surface area contributed by atoms with Crippen LogP contribution in [0.2, 0.25) is 10.0 Å². The molecular weight excluding hydrogens is 415 g/mol. The Balaban J connectivity index is 1.53. The van der Waals surface area contributed by atoms with E-state index in [0.29, 0.717) is 41.2 Å². The van der Waals surface area contributed by atoms with Gasteiger partial charge in [0.25, 0.3) is 0 Å². The summed E-state index contributed by atoms with van der Waals surface area (Å²) in [5.41, 5.74) is 1.60. The third-order valence-electron chi connectivity index (χ3n) is 4.51. The summed E-state index contributed by atoms with van der Waals surface area (Å²) < 4.78 is 19.1. The number of tetrazole rings is 1. The summed E-state index contributed by atoms with van der Waals surface area (Å²) in [5, 5.41) is 12.9. The van der Waals surface area contributed by atoms with Crippen molar-refractivity contribution in [1.29, 1.82) is 0 Å². The normalized spacial score (nSPS) is 18.1. The lowest BCUT2D eigenvalue weighted by atomic mass is 10.2. The highest BCUT2D eigenvalue weighted by atomic mass is 35.5. The molecule has 4 rings (SSSR count). The van der Waals surface area contributed by atoms with Crippen molar-refractivity contribution in [2.24, 2.45) is 0 Å². The first-order valence-electron chi connectivity index (χ1n) is 9.16. The molecule has 0 aliphatic carbocycles. The molecule has 2 heterocycles. The van der Waals surface area contributed by atoms with E-state index in [9.17, 15) is 0 Å². The molecule has 0 radical (unpaired) electrons.